The molecule has 132 valence electrons. The first-order valence-corrected chi connectivity index (χ1v) is 8.22. The Morgan fingerprint density at radius 3 is 2.29 bits per heavy atom. The fourth-order valence-electron chi connectivity index (χ4n) is 2.53. The topological polar surface area (TPSA) is 75.4 Å². The van der Waals surface area contributed by atoms with E-state index in [1.807, 2.05) is 4.90 Å². The van der Waals surface area contributed by atoms with E-state index in [0.717, 1.165) is 0 Å². The first kappa shape index (κ1) is 18.6. The highest BCUT2D eigenvalue weighted by Crippen LogP contribution is 2.36. The number of carbonyl (C=O) groups excluding carboxylic acids is 2. The van der Waals surface area contributed by atoms with Gasteiger partial charge in [0.1, 0.15) is 0 Å². The number of nitrogens with zero attached hydrogens (tertiary/aromatic N) is 1. The Balaban J connectivity index is 1.84. The summed E-state index contributed by atoms with van der Waals surface area (Å²) in [6, 6.07) is 5.30. The number of halogens is 3. The van der Waals surface area contributed by atoms with E-state index in [1.165, 1.54) is 24.3 Å². The van der Waals surface area contributed by atoms with Gasteiger partial charge in [-0.25, -0.2) is 0 Å². The molecule has 1 aliphatic rings. The molecule has 0 aromatic heterocycles. The summed E-state index contributed by atoms with van der Waals surface area (Å²) in [4.78, 5) is 25.0. The van der Waals surface area contributed by atoms with E-state index in [4.69, 9.17) is 5.73 Å². The van der Waals surface area contributed by atoms with Crippen molar-refractivity contribution in [3.63, 3.8) is 0 Å². The summed E-state index contributed by atoms with van der Waals surface area (Å²) in [5, 5.41) is 2.87. The molecule has 2 rings (SSSR count). The molecule has 0 aliphatic carbocycles. The molecule has 0 saturated carbocycles. The lowest BCUT2D eigenvalue weighted by Gasteiger charge is -2.31. The molecule has 1 saturated heterocycles. The molecular weight excluding hydrogens is 343 g/mol. The second-order valence-electron chi connectivity index (χ2n) is 5.56. The third-order valence-corrected chi connectivity index (χ3v) is 4.39. The number of primary amides is 1. The largest absolute Gasteiger partial charge is 0.446 e. The Morgan fingerprint density at radius 2 is 1.79 bits per heavy atom. The highest BCUT2D eigenvalue weighted by atomic mass is 32.2. The number of alkyl halides is 3. The van der Waals surface area contributed by atoms with Crippen LogP contribution in [0.25, 0.3) is 0 Å². The lowest BCUT2D eigenvalue weighted by Crippen LogP contribution is -2.46. The Hall–Kier alpha value is -1.74. The number of nitrogens with one attached hydrogen (secondary N) is 1. The normalized spacial score (nSPS) is 16.8. The number of amides is 2. The average Bonchev–Trinajstić information content (AvgIpc) is 2.48. The van der Waals surface area contributed by atoms with E-state index >= 15 is 0 Å². The predicted octanol–water partition coefficient (Wildman–Crippen LogP) is 1.98. The maximum Gasteiger partial charge on any atom is 0.446 e. The molecule has 0 radical (unpaired) electrons. The zero-order valence-electron chi connectivity index (χ0n) is 12.8. The third-order valence-electron chi connectivity index (χ3n) is 3.65. The van der Waals surface area contributed by atoms with Crippen LogP contribution >= 0.6 is 11.8 Å². The molecule has 1 aromatic rings. The van der Waals surface area contributed by atoms with Gasteiger partial charge in [0.15, 0.2) is 0 Å². The van der Waals surface area contributed by atoms with Crippen molar-refractivity contribution in [3.8, 4) is 0 Å². The maximum absolute atomic E-state index is 12.3. The van der Waals surface area contributed by atoms with Crippen molar-refractivity contribution in [2.45, 2.75) is 29.3 Å². The monoisotopic (exact) mass is 361 g/mol. The van der Waals surface area contributed by atoms with Crippen molar-refractivity contribution in [1.29, 1.82) is 0 Å². The Morgan fingerprint density at radius 1 is 1.21 bits per heavy atom. The van der Waals surface area contributed by atoms with E-state index in [9.17, 15) is 22.8 Å². The summed E-state index contributed by atoms with van der Waals surface area (Å²) in [6.45, 7) is 1.53. The number of hydrogen-bond acceptors (Lipinski definition) is 4. The molecule has 1 fully saturated rings. The summed E-state index contributed by atoms with van der Waals surface area (Å²) in [5.41, 5.74) is 1.12. The molecule has 2 amide bonds. The minimum Gasteiger partial charge on any atom is -0.369 e. The summed E-state index contributed by atoms with van der Waals surface area (Å²) < 4.78 is 36.8. The lowest BCUT2D eigenvalue weighted by atomic mass is 10.0. The smallest absolute Gasteiger partial charge is 0.369 e. The van der Waals surface area contributed by atoms with Gasteiger partial charge in [-0.05, 0) is 48.9 Å². The minimum absolute atomic E-state index is 0.0224. The predicted molar refractivity (Wildman–Crippen MR) is 84.5 cm³/mol. The molecule has 0 bridgehead atoms. The van der Waals surface area contributed by atoms with Crippen LogP contribution in [-0.2, 0) is 4.79 Å². The van der Waals surface area contributed by atoms with E-state index in [1.54, 1.807) is 0 Å². The number of carbonyl (C=O) groups is 2. The zero-order chi connectivity index (χ0) is 17.7. The summed E-state index contributed by atoms with van der Waals surface area (Å²) >= 11 is -0.213. The van der Waals surface area contributed by atoms with E-state index < -0.39 is 5.51 Å². The number of piperidine rings is 1. The van der Waals surface area contributed by atoms with Crippen LogP contribution in [0.3, 0.4) is 0 Å². The van der Waals surface area contributed by atoms with Crippen LogP contribution in [0.2, 0.25) is 0 Å². The first-order valence-electron chi connectivity index (χ1n) is 7.40. The van der Waals surface area contributed by atoms with Crippen molar-refractivity contribution >= 4 is 23.6 Å². The van der Waals surface area contributed by atoms with Gasteiger partial charge in [-0.1, -0.05) is 0 Å². The van der Waals surface area contributed by atoms with Gasteiger partial charge in [0.25, 0.3) is 5.91 Å². The second kappa shape index (κ2) is 7.89. The Bertz CT molecular complexity index is 585. The van der Waals surface area contributed by atoms with Crippen LogP contribution in [-0.4, -0.2) is 47.9 Å². The van der Waals surface area contributed by atoms with Crippen LogP contribution in [0.15, 0.2) is 29.2 Å². The van der Waals surface area contributed by atoms with Crippen molar-refractivity contribution in [3.05, 3.63) is 29.8 Å². The van der Waals surface area contributed by atoms with E-state index in [-0.39, 0.29) is 41.1 Å². The Labute approximate surface area is 141 Å². The van der Waals surface area contributed by atoms with Crippen molar-refractivity contribution in [2.24, 2.45) is 5.73 Å². The number of thioether (sulfide) groups is 1. The number of benzene rings is 1. The van der Waals surface area contributed by atoms with Crippen LogP contribution in [0, 0.1) is 0 Å². The minimum atomic E-state index is -4.34. The number of likely N-dealkylation sites (tertiary alicyclic amines) is 1. The molecule has 1 aromatic carbocycles. The van der Waals surface area contributed by atoms with Crippen molar-refractivity contribution < 1.29 is 22.8 Å². The Kier molecular flexibility index (Phi) is 6.11. The zero-order valence-corrected chi connectivity index (χ0v) is 13.6. The van der Waals surface area contributed by atoms with Gasteiger partial charge >= 0.3 is 5.51 Å². The van der Waals surface area contributed by atoms with Crippen LogP contribution in [0.5, 0.6) is 0 Å². The van der Waals surface area contributed by atoms with Gasteiger partial charge in [0.05, 0.1) is 6.54 Å². The average molecular weight is 361 g/mol. The molecule has 3 N–H and O–H groups in total. The van der Waals surface area contributed by atoms with Crippen LogP contribution in [0.4, 0.5) is 13.2 Å². The van der Waals surface area contributed by atoms with Gasteiger partial charge in [-0.3, -0.25) is 14.5 Å². The number of hydrogen-bond donors (Lipinski definition) is 2. The van der Waals surface area contributed by atoms with E-state index in [0.29, 0.717) is 31.5 Å². The molecule has 24 heavy (non-hydrogen) atoms. The molecule has 0 spiro atoms. The molecular formula is C15H18F3N3O2S. The van der Waals surface area contributed by atoms with Crippen LogP contribution < -0.4 is 11.1 Å². The SMILES string of the molecule is NC(=O)CN1CCC(NC(=O)c2ccc(SC(F)(F)F)cc2)CC1. The van der Waals surface area contributed by atoms with Gasteiger partial charge in [-0.15, -0.1) is 0 Å². The summed E-state index contributed by atoms with van der Waals surface area (Å²) in [6.07, 6.45) is 1.39. The standard InChI is InChI=1S/C15H18F3N3O2S/c16-15(17,18)24-12-3-1-10(2-4-12)14(23)20-11-5-7-21(8-6-11)9-13(19)22/h1-4,11H,5-9H2,(H2,19,22)(H,20,23). The van der Waals surface area contributed by atoms with Gasteiger partial charge < -0.3 is 11.1 Å². The maximum atomic E-state index is 12.3. The quantitative estimate of drug-likeness (QED) is 0.787. The summed E-state index contributed by atoms with van der Waals surface area (Å²) in [5.74, 6) is -0.693. The first-order chi connectivity index (χ1) is 11.2. The van der Waals surface area contributed by atoms with Crippen LogP contribution in [0.1, 0.15) is 23.2 Å². The molecule has 5 nitrogen and oxygen atoms in total. The molecule has 9 heteroatoms. The summed E-state index contributed by atoms with van der Waals surface area (Å²) in [7, 11) is 0. The number of rotatable bonds is 5. The molecule has 0 atom stereocenters. The highest BCUT2D eigenvalue weighted by molar-refractivity contribution is 8.00. The van der Waals surface area contributed by atoms with Gasteiger partial charge in [-0.2, -0.15) is 13.2 Å². The highest BCUT2D eigenvalue weighted by Gasteiger charge is 2.29. The molecule has 0 unspecified atom stereocenters. The lowest BCUT2D eigenvalue weighted by molar-refractivity contribution is -0.119. The third kappa shape index (κ3) is 6.04. The second-order valence-corrected chi connectivity index (χ2v) is 6.70. The fourth-order valence-corrected chi connectivity index (χ4v) is 3.07. The van der Waals surface area contributed by atoms with Gasteiger partial charge in [0, 0.05) is 29.6 Å². The van der Waals surface area contributed by atoms with E-state index in [2.05, 4.69) is 5.32 Å². The molecule has 1 aliphatic heterocycles. The van der Waals surface area contributed by atoms with Gasteiger partial charge in [0.2, 0.25) is 5.91 Å². The number of nitrogens with two attached hydrogens (primary N) is 1. The van der Waals surface area contributed by atoms with Crippen molar-refractivity contribution in [1.82, 2.24) is 10.2 Å². The fraction of sp³-hybridized carbons (Fsp3) is 0.467. The molecule has 1 heterocycles. The van der Waals surface area contributed by atoms with Crippen molar-refractivity contribution in [2.75, 3.05) is 19.6 Å².